The average Bonchev–Trinajstić information content (AvgIpc) is 2.83. The van der Waals surface area contributed by atoms with Crippen molar-refractivity contribution in [3.05, 3.63) is 65.7 Å². The van der Waals surface area contributed by atoms with Gasteiger partial charge in [0.15, 0.2) is 0 Å². The Bertz CT molecular complexity index is 902. The highest BCUT2D eigenvalue weighted by Gasteiger charge is 2.59. The van der Waals surface area contributed by atoms with E-state index in [1.165, 1.54) is 9.91 Å². The summed E-state index contributed by atoms with van der Waals surface area (Å²) in [4.78, 5) is 14.4. The second kappa shape index (κ2) is 4.73. The Hall–Kier alpha value is -3.04. The molecule has 0 N–H and O–H groups in total. The van der Waals surface area contributed by atoms with Gasteiger partial charge in [-0.3, -0.25) is 4.90 Å². The molecule has 2 aromatic rings. The van der Waals surface area contributed by atoms with Crippen LogP contribution in [-0.2, 0) is 5.54 Å². The molecular formula is C17H10N4OS. The molecule has 4 rings (SSSR count). The summed E-state index contributed by atoms with van der Waals surface area (Å²) in [5.74, 6) is 0. The maximum absolute atomic E-state index is 12.8. The Morgan fingerprint density at radius 2 is 1.78 bits per heavy atom. The van der Waals surface area contributed by atoms with Gasteiger partial charge in [0, 0.05) is 11.1 Å². The number of benzene rings is 2. The molecule has 2 aliphatic rings. The largest absolute Gasteiger partial charge is 0.352 e. The van der Waals surface area contributed by atoms with E-state index >= 15 is 0 Å². The molecule has 0 aromatic heterocycles. The van der Waals surface area contributed by atoms with Crippen LogP contribution in [0.2, 0.25) is 0 Å². The highest BCUT2D eigenvalue weighted by Crippen LogP contribution is 2.43. The third kappa shape index (κ3) is 1.62. The Kier molecular flexibility index (Phi) is 2.80. The van der Waals surface area contributed by atoms with Crippen molar-refractivity contribution in [1.29, 1.82) is 5.26 Å². The summed E-state index contributed by atoms with van der Waals surface area (Å²) in [6.45, 7) is 0. The van der Waals surface area contributed by atoms with E-state index in [-0.39, 0.29) is 4.99 Å². The van der Waals surface area contributed by atoms with Crippen molar-refractivity contribution < 1.29 is 4.79 Å². The number of para-hydroxylation sites is 1. The molecular weight excluding hydrogens is 308 g/mol. The van der Waals surface area contributed by atoms with E-state index in [4.69, 9.17) is 12.2 Å². The van der Waals surface area contributed by atoms with Crippen molar-refractivity contribution in [3.8, 4) is 6.07 Å². The second-order valence-electron chi connectivity index (χ2n) is 5.22. The minimum absolute atomic E-state index is 0.223. The van der Waals surface area contributed by atoms with Gasteiger partial charge in [-0.05, 0) is 12.1 Å². The highest BCUT2D eigenvalue weighted by atomic mass is 32.1. The molecule has 1 saturated heterocycles. The normalized spacial score (nSPS) is 21.9. The molecule has 0 bridgehead atoms. The first-order chi connectivity index (χ1) is 11.2. The SMILES string of the molecule is N#CC12C(=S)N(c3ccccc3)C(=O)N1N=Cc1ccccc12. The first-order valence-corrected chi connectivity index (χ1v) is 7.39. The number of fused-ring (bicyclic) bond motifs is 3. The molecule has 5 nitrogen and oxygen atoms in total. The lowest BCUT2D eigenvalue weighted by Crippen LogP contribution is -2.45. The van der Waals surface area contributed by atoms with Crippen LogP contribution < -0.4 is 4.90 Å². The number of anilines is 1. The molecule has 2 heterocycles. The first kappa shape index (κ1) is 13.6. The highest BCUT2D eigenvalue weighted by molar-refractivity contribution is 7.81. The lowest BCUT2D eigenvalue weighted by atomic mass is 9.87. The number of rotatable bonds is 1. The van der Waals surface area contributed by atoms with E-state index in [0.29, 0.717) is 11.3 Å². The topological polar surface area (TPSA) is 59.7 Å². The number of amides is 2. The smallest absolute Gasteiger partial charge is 0.251 e. The van der Waals surface area contributed by atoms with Crippen LogP contribution in [0.1, 0.15) is 11.1 Å². The number of nitriles is 1. The van der Waals surface area contributed by atoms with Crippen LogP contribution >= 0.6 is 12.2 Å². The van der Waals surface area contributed by atoms with E-state index in [1.54, 1.807) is 18.3 Å². The van der Waals surface area contributed by atoms with Gasteiger partial charge in [-0.1, -0.05) is 54.7 Å². The van der Waals surface area contributed by atoms with Crippen molar-refractivity contribution in [2.45, 2.75) is 5.54 Å². The van der Waals surface area contributed by atoms with Crippen LogP contribution in [-0.4, -0.2) is 22.2 Å². The van der Waals surface area contributed by atoms with Crippen LogP contribution in [0, 0.1) is 11.3 Å². The van der Waals surface area contributed by atoms with Gasteiger partial charge < -0.3 is 0 Å². The minimum Gasteiger partial charge on any atom is -0.251 e. The molecule has 1 atom stereocenters. The predicted molar refractivity (Wildman–Crippen MR) is 90.1 cm³/mol. The zero-order chi connectivity index (χ0) is 16.0. The molecule has 1 fully saturated rings. The summed E-state index contributed by atoms with van der Waals surface area (Å²) in [7, 11) is 0. The van der Waals surface area contributed by atoms with Crippen molar-refractivity contribution in [2.75, 3.05) is 4.90 Å². The lowest BCUT2D eigenvalue weighted by Gasteiger charge is -2.31. The Morgan fingerprint density at radius 3 is 2.52 bits per heavy atom. The van der Waals surface area contributed by atoms with Crippen LogP contribution in [0.5, 0.6) is 0 Å². The standard InChI is InChI=1S/C17H10N4OS/c18-11-17-14-9-5-4-6-12(14)10-19-21(17)16(22)20(15(17)23)13-7-2-1-3-8-13/h1-10H. The van der Waals surface area contributed by atoms with Crippen molar-refractivity contribution >= 4 is 35.1 Å². The second-order valence-corrected chi connectivity index (χ2v) is 5.61. The zero-order valence-corrected chi connectivity index (χ0v) is 12.7. The lowest BCUT2D eigenvalue weighted by molar-refractivity contribution is 0.197. The predicted octanol–water partition coefficient (Wildman–Crippen LogP) is 3.02. The van der Waals surface area contributed by atoms with Gasteiger partial charge in [-0.25, -0.2) is 4.79 Å². The number of carbonyl (C=O) groups is 1. The van der Waals surface area contributed by atoms with Gasteiger partial charge in [-0.15, -0.1) is 0 Å². The summed E-state index contributed by atoms with van der Waals surface area (Å²) >= 11 is 5.55. The summed E-state index contributed by atoms with van der Waals surface area (Å²) in [6.07, 6.45) is 1.58. The van der Waals surface area contributed by atoms with Gasteiger partial charge >= 0.3 is 6.03 Å². The summed E-state index contributed by atoms with van der Waals surface area (Å²) in [6, 6.07) is 18.2. The van der Waals surface area contributed by atoms with Crippen molar-refractivity contribution in [2.24, 2.45) is 5.10 Å². The van der Waals surface area contributed by atoms with E-state index in [0.717, 1.165) is 5.56 Å². The zero-order valence-electron chi connectivity index (χ0n) is 11.9. The molecule has 2 aliphatic heterocycles. The number of hydrogen-bond donors (Lipinski definition) is 0. The monoisotopic (exact) mass is 318 g/mol. The maximum Gasteiger partial charge on any atom is 0.352 e. The molecule has 0 saturated carbocycles. The molecule has 2 amide bonds. The molecule has 6 heteroatoms. The van der Waals surface area contributed by atoms with Crippen molar-refractivity contribution in [1.82, 2.24) is 5.01 Å². The fraction of sp³-hybridized carbons (Fsp3) is 0.0588. The molecule has 2 aromatic carbocycles. The van der Waals surface area contributed by atoms with E-state index in [1.807, 2.05) is 42.5 Å². The Balaban J connectivity index is 1.96. The number of carbonyl (C=O) groups excluding carboxylic acids is 1. The Labute approximate surface area is 138 Å². The third-order valence-corrected chi connectivity index (χ3v) is 4.52. The van der Waals surface area contributed by atoms with Gasteiger partial charge in [0.25, 0.3) is 0 Å². The van der Waals surface area contributed by atoms with Crippen LogP contribution in [0.3, 0.4) is 0 Å². The molecule has 110 valence electrons. The molecule has 23 heavy (non-hydrogen) atoms. The summed E-state index contributed by atoms with van der Waals surface area (Å²) in [5.41, 5.74) is 0.706. The van der Waals surface area contributed by atoms with E-state index < -0.39 is 11.6 Å². The number of nitrogens with zero attached hydrogens (tertiary/aromatic N) is 4. The quantitative estimate of drug-likeness (QED) is 0.759. The average molecular weight is 318 g/mol. The van der Waals surface area contributed by atoms with E-state index in [9.17, 15) is 10.1 Å². The van der Waals surface area contributed by atoms with Gasteiger partial charge in [0.05, 0.1) is 11.9 Å². The van der Waals surface area contributed by atoms with Crippen LogP contribution in [0.25, 0.3) is 0 Å². The van der Waals surface area contributed by atoms with Crippen molar-refractivity contribution in [3.63, 3.8) is 0 Å². The van der Waals surface area contributed by atoms with Crippen LogP contribution in [0.4, 0.5) is 10.5 Å². The molecule has 0 spiro atoms. The number of hydrazone groups is 1. The first-order valence-electron chi connectivity index (χ1n) is 6.98. The molecule has 0 radical (unpaired) electrons. The third-order valence-electron chi connectivity index (χ3n) is 4.04. The minimum atomic E-state index is -1.38. The Morgan fingerprint density at radius 1 is 1.09 bits per heavy atom. The summed E-state index contributed by atoms with van der Waals surface area (Å²) < 4.78 is 0. The van der Waals surface area contributed by atoms with Gasteiger partial charge in [0.1, 0.15) is 11.1 Å². The molecule has 1 unspecified atom stereocenters. The van der Waals surface area contributed by atoms with Gasteiger partial charge in [0.2, 0.25) is 5.54 Å². The van der Waals surface area contributed by atoms with Gasteiger partial charge in [-0.2, -0.15) is 15.4 Å². The maximum atomic E-state index is 12.8. The summed E-state index contributed by atoms with van der Waals surface area (Å²) in [5, 5.41) is 15.3. The number of hydrogen-bond acceptors (Lipinski definition) is 4. The fourth-order valence-electron chi connectivity index (χ4n) is 2.96. The number of urea groups is 1. The van der Waals surface area contributed by atoms with Crippen LogP contribution in [0.15, 0.2) is 59.7 Å². The molecule has 0 aliphatic carbocycles. The van der Waals surface area contributed by atoms with E-state index in [2.05, 4.69) is 11.2 Å². The number of thiocarbonyl (C=S) groups is 1. The fourth-order valence-corrected chi connectivity index (χ4v) is 3.39.